The molecule has 29 heavy (non-hydrogen) atoms. The number of hydrogen-bond donors (Lipinski definition) is 1. The molecule has 3 aromatic rings. The van der Waals surface area contributed by atoms with Crippen molar-refractivity contribution in [3.63, 3.8) is 0 Å². The summed E-state index contributed by atoms with van der Waals surface area (Å²) in [6.07, 6.45) is 6.11. The fourth-order valence-electron chi connectivity index (χ4n) is 3.51. The average molecular weight is 409 g/mol. The third-order valence-corrected chi connectivity index (χ3v) is 5.85. The number of rotatable bonds is 4. The molecule has 0 bridgehead atoms. The molecule has 1 fully saturated rings. The van der Waals surface area contributed by atoms with Crippen LogP contribution in [-0.4, -0.2) is 53.2 Å². The Bertz CT molecular complexity index is 1030. The molecule has 1 atom stereocenters. The van der Waals surface area contributed by atoms with Crippen LogP contribution in [0.2, 0.25) is 0 Å². The minimum absolute atomic E-state index is 0.0235. The molecule has 1 saturated heterocycles. The lowest BCUT2D eigenvalue weighted by molar-refractivity contribution is 0.0935. The summed E-state index contributed by atoms with van der Waals surface area (Å²) >= 11 is 1.35. The summed E-state index contributed by atoms with van der Waals surface area (Å²) in [4.78, 5) is 28.6. The molecule has 0 saturated carbocycles. The number of nitrogens with one attached hydrogen (secondary N) is 1. The highest BCUT2D eigenvalue weighted by atomic mass is 32.1. The lowest BCUT2D eigenvalue weighted by Gasteiger charge is -2.18. The second kappa shape index (κ2) is 7.67. The number of amides is 1. The molecular weight excluding hydrogens is 390 g/mol. The monoisotopic (exact) mass is 409 g/mol. The number of pyridine rings is 1. The van der Waals surface area contributed by atoms with Gasteiger partial charge in [0, 0.05) is 48.7 Å². The van der Waals surface area contributed by atoms with Gasteiger partial charge in [-0.3, -0.25) is 9.78 Å². The lowest BCUT2D eigenvalue weighted by atomic mass is 10.2. The van der Waals surface area contributed by atoms with E-state index in [0.717, 1.165) is 24.2 Å². The first-order valence-electron chi connectivity index (χ1n) is 9.44. The molecule has 8 nitrogen and oxygen atoms in total. The second-order valence-corrected chi connectivity index (χ2v) is 7.72. The van der Waals surface area contributed by atoms with Gasteiger partial charge in [-0.2, -0.15) is 0 Å². The van der Waals surface area contributed by atoms with Crippen molar-refractivity contribution < 1.29 is 14.3 Å². The van der Waals surface area contributed by atoms with E-state index in [2.05, 4.69) is 25.2 Å². The van der Waals surface area contributed by atoms with E-state index in [9.17, 15) is 4.79 Å². The zero-order valence-corrected chi connectivity index (χ0v) is 16.4. The molecule has 148 valence electrons. The molecule has 1 amide bonds. The van der Waals surface area contributed by atoms with Crippen molar-refractivity contribution in [1.82, 2.24) is 20.3 Å². The smallest absolute Gasteiger partial charge is 0.265 e. The van der Waals surface area contributed by atoms with Crippen LogP contribution >= 0.6 is 11.3 Å². The Morgan fingerprint density at radius 3 is 3.07 bits per heavy atom. The zero-order chi connectivity index (χ0) is 19.6. The maximum absolute atomic E-state index is 12.7. The highest BCUT2D eigenvalue weighted by Gasteiger charge is 2.29. The summed E-state index contributed by atoms with van der Waals surface area (Å²) in [5, 5.41) is 4.93. The van der Waals surface area contributed by atoms with Crippen LogP contribution in [0.15, 0.2) is 42.2 Å². The Labute approximate surface area is 171 Å². The highest BCUT2D eigenvalue weighted by Crippen LogP contribution is 2.39. The van der Waals surface area contributed by atoms with Crippen LogP contribution in [0.25, 0.3) is 11.3 Å². The van der Waals surface area contributed by atoms with Gasteiger partial charge in [-0.25, -0.2) is 9.97 Å². The molecule has 0 radical (unpaired) electrons. The number of carbonyl (C=O) groups is 1. The predicted octanol–water partition coefficient (Wildman–Crippen LogP) is 2.38. The fourth-order valence-corrected chi connectivity index (χ4v) is 4.34. The molecule has 1 N–H and O–H groups in total. The van der Waals surface area contributed by atoms with Crippen molar-refractivity contribution in [2.75, 3.05) is 31.2 Å². The molecule has 2 aliphatic heterocycles. The first-order chi connectivity index (χ1) is 14.3. The molecule has 0 aliphatic carbocycles. The number of hydrogen-bond acceptors (Lipinski definition) is 8. The molecule has 5 heterocycles. The van der Waals surface area contributed by atoms with Gasteiger partial charge in [0.15, 0.2) is 11.5 Å². The lowest BCUT2D eigenvalue weighted by Crippen LogP contribution is -2.37. The zero-order valence-electron chi connectivity index (χ0n) is 15.6. The molecule has 5 rings (SSSR count). The van der Waals surface area contributed by atoms with Crippen LogP contribution in [0.3, 0.4) is 0 Å². The van der Waals surface area contributed by atoms with Crippen molar-refractivity contribution in [3.05, 3.63) is 47.0 Å². The minimum Gasteiger partial charge on any atom is -0.485 e. The Morgan fingerprint density at radius 1 is 1.24 bits per heavy atom. The number of carbonyl (C=O) groups excluding carboxylic acids is 1. The Morgan fingerprint density at radius 2 is 2.17 bits per heavy atom. The molecular formula is C20H19N5O3S. The largest absolute Gasteiger partial charge is 0.485 e. The van der Waals surface area contributed by atoms with Crippen molar-refractivity contribution in [2.45, 2.75) is 12.5 Å². The first kappa shape index (κ1) is 17.9. The van der Waals surface area contributed by atoms with Gasteiger partial charge in [0.25, 0.3) is 5.91 Å². The van der Waals surface area contributed by atoms with Crippen LogP contribution in [-0.2, 0) is 0 Å². The van der Waals surface area contributed by atoms with Crippen LogP contribution in [0.1, 0.15) is 16.1 Å². The SMILES string of the molecule is O=C(NC1CCN(c2nccc(-c3cccnc3)n2)C1)c1scc2c1OCCO2. The van der Waals surface area contributed by atoms with Gasteiger partial charge >= 0.3 is 0 Å². The van der Waals surface area contributed by atoms with Crippen molar-refractivity contribution in [1.29, 1.82) is 0 Å². The average Bonchev–Trinajstić information content (AvgIpc) is 3.42. The van der Waals surface area contributed by atoms with Gasteiger partial charge in [0.1, 0.15) is 18.1 Å². The van der Waals surface area contributed by atoms with Crippen molar-refractivity contribution in [2.24, 2.45) is 0 Å². The van der Waals surface area contributed by atoms with Crippen molar-refractivity contribution in [3.8, 4) is 22.8 Å². The number of ether oxygens (including phenoxy) is 2. The number of thiophene rings is 1. The summed E-state index contributed by atoms with van der Waals surface area (Å²) in [6, 6.07) is 5.75. The number of nitrogens with zero attached hydrogens (tertiary/aromatic N) is 4. The van der Waals surface area contributed by atoms with E-state index in [4.69, 9.17) is 9.47 Å². The fraction of sp³-hybridized carbons (Fsp3) is 0.300. The van der Waals surface area contributed by atoms with Crippen molar-refractivity contribution >= 4 is 23.2 Å². The van der Waals surface area contributed by atoms with E-state index in [0.29, 0.717) is 42.1 Å². The van der Waals surface area contributed by atoms with Gasteiger partial charge < -0.3 is 19.7 Å². The second-order valence-electron chi connectivity index (χ2n) is 6.84. The Hall–Kier alpha value is -3.20. The summed E-state index contributed by atoms with van der Waals surface area (Å²) < 4.78 is 11.1. The topological polar surface area (TPSA) is 89.5 Å². The Balaban J connectivity index is 1.26. The third kappa shape index (κ3) is 3.61. The molecule has 9 heteroatoms. The van der Waals surface area contributed by atoms with E-state index in [1.54, 1.807) is 18.6 Å². The maximum atomic E-state index is 12.7. The van der Waals surface area contributed by atoms with Gasteiger partial charge in [0.2, 0.25) is 5.95 Å². The highest BCUT2D eigenvalue weighted by molar-refractivity contribution is 7.12. The van der Waals surface area contributed by atoms with E-state index in [1.165, 1.54) is 11.3 Å². The van der Waals surface area contributed by atoms with Crippen LogP contribution in [0.5, 0.6) is 11.5 Å². The maximum Gasteiger partial charge on any atom is 0.265 e. The van der Waals surface area contributed by atoms with Gasteiger partial charge in [-0.05, 0) is 24.6 Å². The van der Waals surface area contributed by atoms with Crippen LogP contribution in [0.4, 0.5) is 5.95 Å². The minimum atomic E-state index is -0.126. The normalized spacial score (nSPS) is 17.9. The standard InChI is InChI=1S/C20H19N5O3S/c26-19(18-17-16(12-29-18)27-8-9-28-17)23-14-4-7-25(11-14)20-22-6-3-15(24-20)13-2-1-5-21-10-13/h1-3,5-6,10,12,14H,4,7-9,11H2,(H,23,26). The number of fused-ring (bicyclic) bond motifs is 1. The van der Waals surface area contributed by atoms with E-state index in [-0.39, 0.29) is 11.9 Å². The third-order valence-electron chi connectivity index (χ3n) is 4.91. The van der Waals surface area contributed by atoms with E-state index in [1.807, 2.05) is 23.6 Å². The molecule has 0 aromatic carbocycles. The summed E-state index contributed by atoms with van der Waals surface area (Å²) in [6.45, 7) is 2.42. The summed E-state index contributed by atoms with van der Waals surface area (Å²) in [7, 11) is 0. The van der Waals surface area contributed by atoms with E-state index < -0.39 is 0 Å². The van der Waals surface area contributed by atoms with Gasteiger partial charge in [-0.15, -0.1) is 11.3 Å². The Kier molecular flexibility index (Phi) is 4.73. The molecule has 3 aromatic heterocycles. The van der Waals surface area contributed by atoms with E-state index >= 15 is 0 Å². The molecule has 2 aliphatic rings. The quantitative estimate of drug-likeness (QED) is 0.708. The predicted molar refractivity (Wildman–Crippen MR) is 109 cm³/mol. The van der Waals surface area contributed by atoms with Gasteiger partial charge in [-0.1, -0.05) is 0 Å². The molecule has 1 unspecified atom stereocenters. The van der Waals surface area contributed by atoms with Crippen LogP contribution < -0.4 is 19.7 Å². The van der Waals surface area contributed by atoms with Gasteiger partial charge in [0.05, 0.1) is 5.69 Å². The first-order valence-corrected chi connectivity index (χ1v) is 10.3. The number of anilines is 1. The summed E-state index contributed by atoms with van der Waals surface area (Å²) in [5.74, 6) is 1.74. The molecule has 0 spiro atoms. The summed E-state index contributed by atoms with van der Waals surface area (Å²) in [5.41, 5.74) is 1.78. The van der Waals surface area contributed by atoms with Crippen LogP contribution in [0, 0.1) is 0 Å². The number of aromatic nitrogens is 3.